The van der Waals surface area contributed by atoms with Crippen LogP contribution in [0.2, 0.25) is 0 Å². The Kier molecular flexibility index (Phi) is 2.17. The van der Waals surface area contributed by atoms with Gasteiger partial charge in [-0.3, -0.25) is 0 Å². The maximum atomic E-state index is 5.26. The minimum atomic E-state index is 0.973. The maximum Gasteiger partial charge on any atom is 0.120 e. The summed E-state index contributed by atoms with van der Waals surface area (Å²) in [5.74, 6) is 0.973. The Balaban J connectivity index is 2.22. The lowest BCUT2D eigenvalue weighted by Crippen LogP contribution is -1.97. The minimum absolute atomic E-state index is 0.973. The van der Waals surface area contributed by atoms with Crippen molar-refractivity contribution in [2.24, 2.45) is 0 Å². The zero-order chi connectivity index (χ0) is 10.3. The molecule has 2 aromatic rings. The molecular weight excluding hydrogens is 204 g/mol. The topological polar surface area (TPSA) is 9.23 Å². The molecule has 0 unspecified atom stereocenters. The molecule has 0 fully saturated rings. The van der Waals surface area contributed by atoms with Gasteiger partial charge >= 0.3 is 0 Å². The molecule has 1 heterocycles. The fraction of sp³-hybridized carbons (Fsp3) is 0.385. The van der Waals surface area contributed by atoms with Crippen LogP contribution in [0.3, 0.4) is 0 Å². The van der Waals surface area contributed by atoms with Gasteiger partial charge in [-0.1, -0.05) is 0 Å². The van der Waals surface area contributed by atoms with Crippen molar-refractivity contribution in [3.05, 3.63) is 28.6 Å². The first-order valence-electron chi connectivity index (χ1n) is 5.47. The lowest BCUT2D eigenvalue weighted by molar-refractivity contribution is 0.415. The molecule has 0 saturated heterocycles. The SMILES string of the molecule is COc1ccc2c3c(sc2c1)CCCC3. The zero-order valence-corrected chi connectivity index (χ0v) is 9.69. The van der Waals surface area contributed by atoms with E-state index in [2.05, 4.69) is 18.2 Å². The van der Waals surface area contributed by atoms with Gasteiger partial charge in [-0.05, 0) is 54.8 Å². The van der Waals surface area contributed by atoms with Crippen molar-refractivity contribution in [2.75, 3.05) is 7.11 Å². The van der Waals surface area contributed by atoms with Crippen LogP contribution in [0, 0.1) is 0 Å². The largest absolute Gasteiger partial charge is 0.497 e. The second-order valence-corrected chi connectivity index (χ2v) is 5.21. The van der Waals surface area contributed by atoms with Crippen molar-refractivity contribution in [1.29, 1.82) is 0 Å². The molecule has 78 valence electrons. The van der Waals surface area contributed by atoms with Crippen molar-refractivity contribution < 1.29 is 4.74 Å². The van der Waals surface area contributed by atoms with Crippen molar-refractivity contribution in [3.63, 3.8) is 0 Å². The predicted molar refractivity (Wildman–Crippen MR) is 65.0 cm³/mol. The molecule has 1 aliphatic rings. The van der Waals surface area contributed by atoms with Gasteiger partial charge in [0.2, 0.25) is 0 Å². The van der Waals surface area contributed by atoms with Gasteiger partial charge in [0, 0.05) is 9.58 Å². The third kappa shape index (κ3) is 1.44. The molecule has 0 atom stereocenters. The lowest BCUT2D eigenvalue weighted by Gasteiger charge is -2.10. The Morgan fingerprint density at radius 1 is 1.20 bits per heavy atom. The number of hydrogen-bond acceptors (Lipinski definition) is 2. The first kappa shape index (κ1) is 9.22. The van der Waals surface area contributed by atoms with Crippen LogP contribution in [-0.2, 0) is 12.8 Å². The summed E-state index contributed by atoms with van der Waals surface area (Å²) in [6.45, 7) is 0. The van der Waals surface area contributed by atoms with E-state index in [0.29, 0.717) is 0 Å². The van der Waals surface area contributed by atoms with E-state index in [1.54, 1.807) is 17.6 Å². The molecule has 0 saturated carbocycles. The van der Waals surface area contributed by atoms with Crippen LogP contribution in [0.25, 0.3) is 10.1 Å². The Bertz CT molecular complexity index is 498. The van der Waals surface area contributed by atoms with Gasteiger partial charge in [-0.15, -0.1) is 11.3 Å². The van der Waals surface area contributed by atoms with E-state index in [9.17, 15) is 0 Å². The molecule has 15 heavy (non-hydrogen) atoms. The highest BCUT2D eigenvalue weighted by Crippen LogP contribution is 2.37. The van der Waals surface area contributed by atoms with E-state index in [1.165, 1.54) is 35.8 Å². The first-order chi connectivity index (χ1) is 7.38. The summed E-state index contributed by atoms with van der Waals surface area (Å²) in [7, 11) is 1.73. The van der Waals surface area contributed by atoms with E-state index in [0.717, 1.165) is 5.75 Å². The number of rotatable bonds is 1. The lowest BCUT2D eigenvalue weighted by atomic mass is 9.96. The predicted octanol–water partition coefficient (Wildman–Crippen LogP) is 3.79. The van der Waals surface area contributed by atoms with Gasteiger partial charge in [0.15, 0.2) is 0 Å². The fourth-order valence-electron chi connectivity index (χ4n) is 2.37. The summed E-state index contributed by atoms with van der Waals surface area (Å²) in [6.07, 6.45) is 5.25. The quantitative estimate of drug-likeness (QED) is 0.707. The Hall–Kier alpha value is -1.02. The Labute approximate surface area is 93.7 Å². The Morgan fingerprint density at radius 3 is 2.93 bits per heavy atom. The summed E-state index contributed by atoms with van der Waals surface area (Å²) >= 11 is 1.95. The molecule has 3 rings (SSSR count). The molecule has 0 amide bonds. The first-order valence-corrected chi connectivity index (χ1v) is 6.28. The third-order valence-corrected chi connectivity index (χ3v) is 4.42. The number of ether oxygens (including phenoxy) is 1. The standard InChI is InChI=1S/C13H14OS/c1-14-9-6-7-11-10-4-2-3-5-12(10)15-13(11)8-9/h6-8H,2-5H2,1H3. The minimum Gasteiger partial charge on any atom is -0.497 e. The van der Waals surface area contributed by atoms with E-state index in [1.807, 2.05) is 11.3 Å². The molecule has 1 aromatic carbocycles. The number of thiophene rings is 1. The van der Waals surface area contributed by atoms with Crippen molar-refractivity contribution in [2.45, 2.75) is 25.7 Å². The molecule has 1 nitrogen and oxygen atoms in total. The number of aryl methyl sites for hydroxylation is 2. The Morgan fingerprint density at radius 2 is 2.07 bits per heavy atom. The highest BCUT2D eigenvalue weighted by molar-refractivity contribution is 7.19. The van der Waals surface area contributed by atoms with Gasteiger partial charge in [0.25, 0.3) is 0 Å². The molecular formula is C13H14OS. The molecule has 0 aliphatic heterocycles. The summed E-state index contributed by atoms with van der Waals surface area (Å²) in [4.78, 5) is 1.60. The summed E-state index contributed by atoms with van der Waals surface area (Å²) in [5, 5.41) is 1.45. The van der Waals surface area contributed by atoms with Gasteiger partial charge in [0.05, 0.1) is 7.11 Å². The van der Waals surface area contributed by atoms with Crippen molar-refractivity contribution in [1.82, 2.24) is 0 Å². The molecule has 0 radical (unpaired) electrons. The molecule has 1 aromatic heterocycles. The zero-order valence-electron chi connectivity index (χ0n) is 8.88. The molecule has 0 spiro atoms. The van der Waals surface area contributed by atoms with Crippen molar-refractivity contribution >= 4 is 21.4 Å². The van der Waals surface area contributed by atoms with Crippen LogP contribution < -0.4 is 4.74 Å². The van der Waals surface area contributed by atoms with E-state index in [4.69, 9.17) is 4.74 Å². The van der Waals surface area contributed by atoms with E-state index in [-0.39, 0.29) is 0 Å². The highest BCUT2D eigenvalue weighted by atomic mass is 32.1. The highest BCUT2D eigenvalue weighted by Gasteiger charge is 2.15. The van der Waals surface area contributed by atoms with Crippen LogP contribution in [0.15, 0.2) is 18.2 Å². The van der Waals surface area contributed by atoms with Gasteiger partial charge in [0.1, 0.15) is 5.75 Å². The van der Waals surface area contributed by atoms with Crippen LogP contribution in [0.5, 0.6) is 5.75 Å². The fourth-order valence-corrected chi connectivity index (χ4v) is 3.69. The molecule has 0 N–H and O–H groups in total. The van der Waals surface area contributed by atoms with Crippen LogP contribution in [-0.4, -0.2) is 7.11 Å². The molecule has 1 aliphatic carbocycles. The van der Waals surface area contributed by atoms with E-state index < -0.39 is 0 Å². The van der Waals surface area contributed by atoms with E-state index >= 15 is 0 Å². The summed E-state index contributed by atoms with van der Waals surface area (Å²) < 4.78 is 6.65. The summed E-state index contributed by atoms with van der Waals surface area (Å²) in [5.41, 5.74) is 1.60. The normalized spacial score (nSPS) is 15.3. The van der Waals surface area contributed by atoms with Crippen LogP contribution >= 0.6 is 11.3 Å². The number of fused-ring (bicyclic) bond motifs is 3. The smallest absolute Gasteiger partial charge is 0.120 e. The van der Waals surface area contributed by atoms with Gasteiger partial charge < -0.3 is 4.74 Å². The third-order valence-electron chi connectivity index (χ3n) is 3.16. The number of methoxy groups -OCH3 is 1. The van der Waals surface area contributed by atoms with Crippen molar-refractivity contribution in [3.8, 4) is 5.75 Å². The summed E-state index contributed by atoms with van der Waals surface area (Å²) in [6, 6.07) is 6.46. The monoisotopic (exact) mass is 218 g/mol. The number of benzene rings is 1. The average molecular weight is 218 g/mol. The second-order valence-electron chi connectivity index (χ2n) is 4.07. The second kappa shape index (κ2) is 3.53. The average Bonchev–Trinajstić information content (AvgIpc) is 2.66. The van der Waals surface area contributed by atoms with Gasteiger partial charge in [-0.2, -0.15) is 0 Å². The van der Waals surface area contributed by atoms with Gasteiger partial charge in [-0.25, -0.2) is 0 Å². The molecule has 2 heteroatoms. The van der Waals surface area contributed by atoms with Crippen LogP contribution in [0.1, 0.15) is 23.3 Å². The van der Waals surface area contributed by atoms with Crippen LogP contribution in [0.4, 0.5) is 0 Å². The maximum absolute atomic E-state index is 5.26. The molecule has 0 bridgehead atoms. The number of hydrogen-bond donors (Lipinski definition) is 0.